The zero-order valence-electron chi connectivity index (χ0n) is 12.4. The van der Waals surface area contributed by atoms with E-state index < -0.39 is 11.5 Å². The van der Waals surface area contributed by atoms with Crippen molar-refractivity contribution in [3.8, 4) is 0 Å². The topological polar surface area (TPSA) is 78.4 Å². The maximum atomic E-state index is 12.1. The van der Waals surface area contributed by atoms with Crippen LogP contribution >= 0.6 is 0 Å². The highest BCUT2D eigenvalue weighted by Gasteiger charge is 2.43. The predicted octanol–water partition coefficient (Wildman–Crippen LogP) is 2.51. The van der Waals surface area contributed by atoms with Gasteiger partial charge in [0.25, 0.3) is 0 Å². The molecular weight excluding hydrogens is 256 g/mol. The summed E-state index contributed by atoms with van der Waals surface area (Å²) in [5, 5.41) is 15.2. The van der Waals surface area contributed by atoms with E-state index in [1.807, 2.05) is 0 Å². The van der Waals surface area contributed by atoms with Gasteiger partial charge in [-0.3, -0.25) is 0 Å². The molecule has 5 heteroatoms. The number of hydrogen-bond acceptors (Lipinski definition) is 2. The van der Waals surface area contributed by atoms with E-state index in [1.54, 1.807) is 0 Å². The summed E-state index contributed by atoms with van der Waals surface area (Å²) in [5.41, 5.74) is -1.08. The molecule has 2 rings (SSSR count). The molecular formula is C15H26N2O3. The molecule has 3 N–H and O–H groups in total. The van der Waals surface area contributed by atoms with Crippen molar-refractivity contribution in [2.75, 3.05) is 0 Å². The van der Waals surface area contributed by atoms with E-state index in [0.29, 0.717) is 24.7 Å². The van der Waals surface area contributed by atoms with Crippen LogP contribution in [0.3, 0.4) is 0 Å². The summed E-state index contributed by atoms with van der Waals surface area (Å²) < 4.78 is 0. The maximum absolute atomic E-state index is 12.1. The molecule has 2 fully saturated rings. The number of hydrogen-bond donors (Lipinski definition) is 3. The van der Waals surface area contributed by atoms with E-state index in [-0.39, 0.29) is 12.1 Å². The average molecular weight is 282 g/mol. The minimum Gasteiger partial charge on any atom is -0.480 e. The normalized spacial score (nSPS) is 37.4. The van der Waals surface area contributed by atoms with E-state index in [1.165, 1.54) is 0 Å². The Balaban J connectivity index is 1.97. The van der Waals surface area contributed by atoms with Crippen molar-refractivity contribution < 1.29 is 14.7 Å². The molecule has 20 heavy (non-hydrogen) atoms. The number of urea groups is 1. The van der Waals surface area contributed by atoms with Crippen molar-refractivity contribution in [1.29, 1.82) is 0 Å². The Morgan fingerprint density at radius 1 is 1.15 bits per heavy atom. The van der Waals surface area contributed by atoms with Crippen molar-refractivity contribution in [1.82, 2.24) is 10.6 Å². The lowest BCUT2D eigenvalue weighted by molar-refractivity contribution is -0.146. The Hall–Kier alpha value is -1.26. The first-order valence-corrected chi connectivity index (χ1v) is 7.75. The molecule has 2 amide bonds. The predicted molar refractivity (Wildman–Crippen MR) is 76.5 cm³/mol. The highest BCUT2D eigenvalue weighted by Crippen LogP contribution is 2.32. The van der Waals surface area contributed by atoms with Crippen LogP contribution in [0, 0.1) is 11.8 Å². The fraction of sp³-hybridized carbons (Fsp3) is 0.867. The van der Waals surface area contributed by atoms with E-state index in [2.05, 4.69) is 24.5 Å². The quantitative estimate of drug-likeness (QED) is 0.744. The molecule has 0 saturated heterocycles. The molecule has 5 nitrogen and oxygen atoms in total. The van der Waals surface area contributed by atoms with Crippen LogP contribution in [0.1, 0.15) is 58.8 Å². The minimum atomic E-state index is -1.08. The van der Waals surface area contributed by atoms with Gasteiger partial charge in [-0.1, -0.05) is 33.1 Å². The molecule has 4 unspecified atom stereocenters. The van der Waals surface area contributed by atoms with Gasteiger partial charge in [-0.05, 0) is 37.5 Å². The average Bonchev–Trinajstić information content (AvgIpc) is 2.74. The molecule has 2 aliphatic rings. The lowest BCUT2D eigenvalue weighted by Crippen LogP contribution is -2.60. The number of rotatable bonds is 3. The molecule has 0 heterocycles. The Morgan fingerprint density at radius 3 is 2.45 bits per heavy atom. The third-order valence-electron chi connectivity index (χ3n) is 4.94. The lowest BCUT2D eigenvalue weighted by atomic mass is 9.76. The van der Waals surface area contributed by atoms with Gasteiger partial charge in [0.15, 0.2) is 0 Å². The molecule has 0 aromatic carbocycles. The third-order valence-corrected chi connectivity index (χ3v) is 4.94. The van der Waals surface area contributed by atoms with Crippen LogP contribution in [0.2, 0.25) is 0 Å². The van der Waals surface area contributed by atoms with Crippen molar-refractivity contribution in [3.05, 3.63) is 0 Å². The second kappa shape index (κ2) is 6.02. The van der Waals surface area contributed by atoms with Gasteiger partial charge in [0.1, 0.15) is 5.54 Å². The van der Waals surface area contributed by atoms with Crippen LogP contribution in [-0.2, 0) is 4.79 Å². The molecule has 4 atom stereocenters. The number of carbonyl (C=O) groups is 2. The minimum absolute atomic E-state index is 0.182. The van der Waals surface area contributed by atoms with Gasteiger partial charge in [-0.15, -0.1) is 0 Å². The summed E-state index contributed by atoms with van der Waals surface area (Å²) in [4.78, 5) is 23.8. The smallest absolute Gasteiger partial charge is 0.329 e. The number of carboxylic acid groups (broad SMARTS) is 1. The Labute approximate surface area is 120 Å². The summed E-state index contributed by atoms with van der Waals surface area (Å²) in [7, 11) is 0. The van der Waals surface area contributed by atoms with Gasteiger partial charge < -0.3 is 15.7 Å². The second-order valence-corrected chi connectivity index (χ2v) is 6.70. The van der Waals surface area contributed by atoms with Gasteiger partial charge >= 0.3 is 12.0 Å². The molecule has 0 radical (unpaired) electrons. The molecule has 0 bridgehead atoms. The summed E-state index contributed by atoms with van der Waals surface area (Å²) in [6, 6.07) is -0.137. The Kier molecular flexibility index (Phi) is 4.55. The second-order valence-electron chi connectivity index (χ2n) is 6.70. The van der Waals surface area contributed by atoms with Crippen molar-refractivity contribution in [2.24, 2.45) is 11.8 Å². The summed E-state index contributed by atoms with van der Waals surface area (Å²) >= 11 is 0. The molecule has 114 valence electrons. The van der Waals surface area contributed by atoms with E-state index in [4.69, 9.17) is 0 Å². The first-order valence-electron chi connectivity index (χ1n) is 7.75. The number of nitrogens with one attached hydrogen (secondary N) is 2. The molecule has 2 aliphatic carbocycles. The van der Waals surface area contributed by atoms with Crippen LogP contribution in [0.4, 0.5) is 4.79 Å². The summed E-state index contributed by atoms with van der Waals surface area (Å²) in [6.45, 7) is 4.18. The van der Waals surface area contributed by atoms with E-state index in [9.17, 15) is 14.7 Å². The van der Waals surface area contributed by atoms with Gasteiger partial charge in [0.05, 0.1) is 0 Å². The highest BCUT2D eigenvalue weighted by atomic mass is 16.4. The van der Waals surface area contributed by atoms with Crippen LogP contribution < -0.4 is 10.6 Å². The summed E-state index contributed by atoms with van der Waals surface area (Å²) in [5.74, 6) is -0.0870. The number of carboxylic acids is 1. The van der Waals surface area contributed by atoms with Gasteiger partial charge in [0, 0.05) is 6.04 Å². The van der Waals surface area contributed by atoms with Crippen LogP contribution in [0.5, 0.6) is 0 Å². The molecule has 0 aromatic rings. The lowest BCUT2D eigenvalue weighted by Gasteiger charge is -2.37. The van der Waals surface area contributed by atoms with Crippen LogP contribution in [0.25, 0.3) is 0 Å². The SMILES string of the molecule is CC1CCCC(NC(=O)NC2CCCC2C)(C(=O)O)C1. The zero-order valence-corrected chi connectivity index (χ0v) is 12.4. The van der Waals surface area contributed by atoms with Gasteiger partial charge in [-0.25, -0.2) is 9.59 Å². The summed E-state index contributed by atoms with van der Waals surface area (Å²) in [6.07, 6.45) is 6.20. The standard InChI is InChI=1S/C15H26N2O3/c1-10-5-4-8-15(9-10,13(18)19)17-14(20)16-12-7-3-6-11(12)2/h10-12H,3-9H2,1-2H3,(H,18,19)(H2,16,17,20). The molecule has 0 aliphatic heterocycles. The van der Waals surface area contributed by atoms with Gasteiger partial charge in [-0.2, -0.15) is 0 Å². The monoisotopic (exact) mass is 282 g/mol. The Bertz CT molecular complexity index is 385. The molecule has 0 aromatic heterocycles. The van der Waals surface area contributed by atoms with Crippen molar-refractivity contribution in [2.45, 2.75) is 70.4 Å². The van der Waals surface area contributed by atoms with Gasteiger partial charge in [0.2, 0.25) is 0 Å². The first-order chi connectivity index (χ1) is 9.43. The van der Waals surface area contributed by atoms with Crippen molar-refractivity contribution >= 4 is 12.0 Å². The fourth-order valence-corrected chi connectivity index (χ4v) is 3.69. The number of aliphatic carboxylic acids is 1. The maximum Gasteiger partial charge on any atom is 0.329 e. The zero-order chi connectivity index (χ0) is 14.8. The molecule has 2 saturated carbocycles. The fourth-order valence-electron chi connectivity index (χ4n) is 3.69. The van der Waals surface area contributed by atoms with Crippen LogP contribution in [-0.4, -0.2) is 28.7 Å². The third kappa shape index (κ3) is 3.25. The largest absolute Gasteiger partial charge is 0.480 e. The highest BCUT2D eigenvalue weighted by molar-refractivity contribution is 5.86. The van der Waals surface area contributed by atoms with Crippen LogP contribution in [0.15, 0.2) is 0 Å². The van der Waals surface area contributed by atoms with Crippen molar-refractivity contribution in [3.63, 3.8) is 0 Å². The Morgan fingerprint density at radius 2 is 1.90 bits per heavy atom. The van der Waals surface area contributed by atoms with E-state index in [0.717, 1.165) is 32.1 Å². The first kappa shape index (κ1) is 15.1. The number of amides is 2. The number of carbonyl (C=O) groups excluding carboxylic acids is 1. The van der Waals surface area contributed by atoms with E-state index >= 15 is 0 Å². The molecule has 0 spiro atoms.